The second-order valence-corrected chi connectivity index (χ2v) is 6.91. The number of carbonyl (C=O) groups excluding carboxylic acids is 1. The first-order valence-electron chi connectivity index (χ1n) is 6.75. The van der Waals surface area contributed by atoms with E-state index in [1.54, 1.807) is 0 Å². The number of carbonyl (C=O) groups is 1. The lowest BCUT2D eigenvalue weighted by Crippen LogP contribution is -2.52. The average Bonchev–Trinajstić information content (AvgIpc) is 2.32. The van der Waals surface area contributed by atoms with Crippen LogP contribution in [-0.2, 0) is 4.79 Å². The van der Waals surface area contributed by atoms with Crippen molar-refractivity contribution in [3.8, 4) is 0 Å². The number of amides is 1. The van der Waals surface area contributed by atoms with E-state index in [0.29, 0.717) is 23.2 Å². The van der Waals surface area contributed by atoms with Crippen molar-refractivity contribution < 1.29 is 4.79 Å². The normalized spacial score (nSPS) is 39.1. The van der Waals surface area contributed by atoms with Gasteiger partial charge in [-0.25, -0.2) is 0 Å². The zero-order chi connectivity index (χ0) is 12.4. The smallest absolute Gasteiger partial charge is 0.226 e. The molecule has 1 N–H and O–H groups in total. The van der Waals surface area contributed by atoms with Crippen LogP contribution in [0.4, 0.5) is 0 Å². The van der Waals surface area contributed by atoms with E-state index in [1.807, 2.05) is 11.8 Å². The Hall–Kier alpha value is -0.220. The van der Waals surface area contributed by atoms with Crippen LogP contribution in [0.5, 0.6) is 0 Å². The van der Waals surface area contributed by atoms with Gasteiger partial charge in [0, 0.05) is 35.5 Å². The van der Waals surface area contributed by atoms with Crippen LogP contribution in [0.2, 0.25) is 0 Å². The van der Waals surface area contributed by atoms with Crippen molar-refractivity contribution in [1.82, 2.24) is 10.2 Å². The molecule has 2 rings (SSSR count). The Bertz CT molecular complexity index is 285. The molecule has 98 valence electrons. The maximum absolute atomic E-state index is 12.5. The van der Waals surface area contributed by atoms with E-state index in [-0.39, 0.29) is 5.92 Å². The third kappa shape index (κ3) is 2.97. The molecular formula is C13H24N2OS. The van der Waals surface area contributed by atoms with Crippen LogP contribution in [0.3, 0.4) is 0 Å². The molecule has 2 aliphatic rings. The molecule has 2 aliphatic heterocycles. The topological polar surface area (TPSA) is 32.3 Å². The third-order valence-electron chi connectivity index (χ3n) is 4.14. The lowest BCUT2D eigenvalue weighted by molar-refractivity contribution is -0.138. The van der Waals surface area contributed by atoms with E-state index in [2.05, 4.69) is 31.0 Å². The van der Waals surface area contributed by atoms with E-state index < -0.39 is 0 Å². The highest BCUT2D eigenvalue weighted by molar-refractivity contribution is 8.00. The van der Waals surface area contributed by atoms with Crippen molar-refractivity contribution in [2.45, 2.75) is 50.9 Å². The molecule has 0 aromatic heterocycles. The molecule has 0 bridgehead atoms. The Kier molecular flexibility index (Phi) is 4.36. The van der Waals surface area contributed by atoms with Crippen molar-refractivity contribution in [1.29, 1.82) is 0 Å². The fourth-order valence-electron chi connectivity index (χ4n) is 2.83. The summed E-state index contributed by atoms with van der Waals surface area (Å²) in [5.41, 5.74) is 0. The molecule has 17 heavy (non-hydrogen) atoms. The maximum atomic E-state index is 12.5. The monoisotopic (exact) mass is 256 g/mol. The van der Waals surface area contributed by atoms with E-state index in [0.717, 1.165) is 31.7 Å². The predicted molar refractivity (Wildman–Crippen MR) is 73.3 cm³/mol. The Morgan fingerprint density at radius 2 is 2.12 bits per heavy atom. The molecular weight excluding hydrogens is 232 g/mol. The van der Waals surface area contributed by atoms with Gasteiger partial charge in [0.1, 0.15) is 0 Å². The molecule has 4 heteroatoms. The SMILES string of the molecule is CC1CC(C(=O)N2CCSC(C)C2C)CCN1. The molecule has 4 unspecified atom stereocenters. The molecule has 3 nitrogen and oxygen atoms in total. The highest BCUT2D eigenvalue weighted by Gasteiger charge is 2.34. The van der Waals surface area contributed by atoms with E-state index >= 15 is 0 Å². The molecule has 1 amide bonds. The number of nitrogens with one attached hydrogen (secondary N) is 1. The second kappa shape index (κ2) is 5.61. The second-order valence-electron chi connectivity index (χ2n) is 5.42. The van der Waals surface area contributed by atoms with Gasteiger partial charge in [-0.15, -0.1) is 0 Å². The van der Waals surface area contributed by atoms with Crippen molar-refractivity contribution in [2.75, 3.05) is 18.8 Å². The van der Waals surface area contributed by atoms with Gasteiger partial charge >= 0.3 is 0 Å². The predicted octanol–water partition coefficient (Wildman–Crippen LogP) is 1.73. The maximum Gasteiger partial charge on any atom is 0.226 e. The third-order valence-corrected chi connectivity index (χ3v) is 5.48. The minimum Gasteiger partial charge on any atom is -0.338 e. The zero-order valence-corrected chi connectivity index (χ0v) is 11.9. The number of hydrogen-bond donors (Lipinski definition) is 1. The fraction of sp³-hybridized carbons (Fsp3) is 0.923. The lowest BCUT2D eigenvalue weighted by atomic mass is 9.91. The molecule has 0 spiro atoms. The molecule has 0 aromatic carbocycles. The van der Waals surface area contributed by atoms with Crippen LogP contribution in [0.25, 0.3) is 0 Å². The summed E-state index contributed by atoms with van der Waals surface area (Å²) in [6.45, 7) is 8.54. The van der Waals surface area contributed by atoms with Crippen LogP contribution in [0.15, 0.2) is 0 Å². The molecule has 4 atom stereocenters. The minimum atomic E-state index is 0.254. The van der Waals surface area contributed by atoms with Crippen LogP contribution < -0.4 is 5.32 Å². The number of hydrogen-bond acceptors (Lipinski definition) is 3. The number of rotatable bonds is 1. The Morgan fingerprint density at radius 1 is 1.35 bits per heavy atom. The van der Waals surface area contributed by atoms with Gasteiger partial charge in [0.05, 0.1) is 0 Å². The summed E-state index contributed by atoms with van der Waals surface area (Å²) < 4.78 is 0. The van der Waals surface area contributed by atoms with Gasteiger partial charge in [0.2, 0.25) is 5.91 Å². The molecule has 0 saturated carbocycles. The lowest BCUT2D eigenvalue weighted by Gasteiger charge is -2.40. The average molecular weight is 256 g/mol. The van der Waals surface area contributed by atoms with Crippen molar-refractivity contribution in [3.63, 3.8) is 0 Å². The Morgan fingerprint density at radius 3 is 2.82 bits per heavy atom. The van der Waals surface area contributed by atoms with Gasteiger partial charge < -0.3 is 10.2 Å². The highest BCUT2D eigenvalue weighted by Crippen LogP contribution is 2.27. The highest BCUT2D eigenvalue weighted by atomic mass is 32.2. The summed E-state index contributed by atoms with van der Waals surface area (Å²) >= 11 is 1.99. The van der Waals surface area contributed by atoms with E-state index in [9.17, 15) is 4.79 Å². The Balaban J connectivity index is 1.98. The van der Waals surface area contributed by atoms with Gasteiger partial charge in [-0.2, -0.15) is 11.8 Å². The molecule has 0 aliphatic carbocycles. The quantitative estimate of drug-likeness (QED) is 0.775. The number of piperidine rings is 1. The zero-order valence-electron chi connectivity index (χ0n) is 11.1. The number of thioether (sulfide) groups is 1. The van der Waals surface area contributed by atoms with Crippen LogP contribution >= 0.6 is 11.8 Å². The van der Waals surface area contributed by atoms with Crippen LogP contribution in [0, 0.1) is 5.92 Å². The summed E-state index contributed by atoms with van der Waals surface area (Å²) in [6.07, 6.45) is 2.01. The Labute approximate surface area is 109 Å². The van der Waals surface area contributed by atoms with Gasteiger partial charge in [-0.05, 0) is 33.2 Å². The first kappa shape index (κ1) is 13.2. The molecule has 2 fully saturated rings. The van der Waals surface area contributed by atoms with Gasteiger partial charge in [0.15, 0.2) is 0 Å². The summed E-state index contributed by atoms with van der Waals surface area (Å²) in [6, 6.07) is 0.885. The van der Waals surface area contributed by atoms with E-state index in [4.69, 9.17) is 0 Å². The van der Waals surface area contributed by atoms with Gasteiger partial charge in [-0.1, -0.05) is 6.92 Å². The van der Waals surface area contributed by atoms with Crippen molar-refractivity contribution >= 4 is 17.7 Å². The summed E-state index contributed by atoms with van der Waals surface area (Å²) in [4.78, 5) is 14.7. The van der Waals surface area contributed by atoms with Gasteiger partial charge in [0.25, 0.3) is 0 Å². The molecule has 2 heterocycles. The summed E-state index contributed by atoms with van der Waals surface area (Å²) in [5.74, 6) is 1.75. The largest absolute Gasteiger partial charge is 0.338 e. The van der Waals surface area contributed by atoms with Gasteiger partial charge in [-0.3, -0.25) is 4.79 Å². The number of nitrogens with zero attached hydrogens (tertiary/aromatic N) is 1. The summed E-state index contributed by atoms with van der Waals surface area (Å²) in [5, 5.41) is 3.99. The van der Waals surface area contributed by atoms with Crippen LogP contribution in [0.1, 0.15) is 33.6 Å². The minimum absolute atomic E-state index is 0.254. The fourth-order valence-corrected chi connectivity index (χ4v) is 3.93. The first-order chi connectivity index (χ1) is 8.09. The summed E-state index contributed by atoms with van der Waals surface area (Å²) in [7, 11) is 0. The molecule has 0 aromatic rings. The van der Waals surface area contributed by atoms with Crippen LogP contribution in [-0.4, -0.2) is 47.0 Å². The van der Waals surface area contributed by atoms with Crippen molar-refractivity contribution in [3.05, 3.63) is 0 Å². The molecule has 2 saturated heterocycles. The van der Waals surface area contributed by atoms with E-state index in [1.165, 1.54) is 0 Å². The van der Waals surface area contributed by atoms with Crippen molar-refractivity contribution in [2.24, 2.45) is 5.92 Å². The standard InChI is InChI=1S/C13H24N2OS/c1-9-8-12(4-5-14-9)13(16)15-6-7-17-11(3)10(15)2/h9-12,14H,4-8H2,1-3H3. The first-order valence-corrected chi connectivity index (χ1v) is 7.80. The molecule has 0 radical (unpaired) electrons.